The molecule has 1 heterocycles. The average Bonchev–Trinajstić information content (AvgIpc) is 3.31. The summed E-state index contributed by atoms with van der Waals surface area (Å²) < 4.78 is 0. The van der Waals surface area contributed by atoms with Gasteiger partial charge in [-0.1, -0.05) is 12.2 Å². The van der Waals surface area contributed by atoms with E-state index in [1.54, 1.807) is 0 Å². The lowest BCUT2D eigenvalue weighted by Gasteiger charge is -2.34. The fourth-order valence-electron chi connectivity index (χ4n) is 2.98. The van der Waals surface area contributed by atoms with Crippen LogP contribution < -0.4 is 10.6 Å². The minimum atomic E-state index is -0.0775. The number of phenolic OH excluding ortho intramolecular Hbond substituents is 1. The van der Waals surface area contributed by atoms with Gasteiger partial charge in [0.25, 0.3) is 0 Å². The molecular weight excluding hydrogens is 274 g/mol. The van der Waals surface area contributed by atoms with Crippen LogP contribution in [-0.4, -0.2) is 43.2 Å². The number of aromatic hydroxyl groups is 1. The monoisotopic (exact) mass is 301 g/mol. The van der Waals surface area contributed by atoms with E-state index in [0.29, 0.717) is 5.75 Å². The van der Waals surface area contributed by atoms with Gasteiger partial charge in [-0.05, 0) is 56.0 Å². The molecule has 3 rings (SSSR count). The van der Waals surface area contributed by atoms with Crippen LogP contribution in [0.3, 0.4) is 0 Å². The van der Waals surface area contributed by atoms with Crippen LogP contribution >= 0.6 is 0 Å². The van der Waals surface area contributed by atoms with Crippen molar-refractivity contribution in [2.75, 3.05) is 38.1 Å². The van der Waals surface area contributed by atoms with Gasteiger partial charge in [0.1, 0.15) is 5.75 Å². The lowest BCUT2D eigenvalue weighted by atomic mass is 9.99. The third-order valence-corrected chi connectivity index (χ3v) is 4.68. The van der Waals surface area contributed by atoms with Crippen molar-refractivity contribution in [2.45, 2.75) is 25.8 Å². The summed E-state index contributed by atoms with van der Waals surface area (Å²) in [6.45, 7) is 5.93. The Morgan fingerprint density at radius 1 is 1.23 bits per heavy atom. The normalized spacial score (nSPS) is 21.5. The second-order valence-corrected chi connectivity index (χ2v) is 6.75. The zero-order valence-electron chi connectivity index (χ0n) is 13.6. The molecule has 1 saturated heterocycles. The lowest BCUT2D eigenvalue weighted by molar-refractivity contribution is 0.311. The number of benzene rings is 1. The Hall–Kier alpha value is -1.52. The van der Waals surface area contributed by atoms with Gasteiger partial charge in [0.15, 0.2) is 0 Å². The molecule has 1 aromatic rings. The third-order valence-electron chi connectivity index (χ3n) is 4.68. The Labute approximate surface area is 133 Å². The predicted octanol–water partition coefficient (Wildman–Crippen LogP) is 2.59. The number of hydrogen-bond acceptors (Lipinski definition) is 4. The van der Waals surface area contributed by atoms with E-state index in [1.807, 2.05) is 13.0 Å². The first-order valence-electron chi connectivity index (χ1n) is 8.29. The maximum atomic E-state index is 10.4. The number of piperazine rings is 1. The fraction of sp³-hybridized carbons (Fsp3) is 0.556. The molecule has 0 amide bonds. The van der Waals surface area contributed by atoms with Crippen molar-refractivity contribution in [1.82, 2.24) is 4.90 Å². The molecule has 3 N–H and O–H groups in total. The van der Waals surface area contributed by atoms with Crippen LogP contribution in [0.4, 0.5) is 5.69 Å². The van der Waals surface area contributed by atoms with Crippen molar-refractivity contribution in [3.63, 3.8) is 0 Å². The van der Waals surface area contributed by atoms with Crippen LogP contribution in [0.5, 0.6) is 5.75 Å². The van der Waals surface area contributed by atoms with Gasteiger partial charge < -0.3 is 20.6 Å². The highest BCUT2D eigenvalue weighted by Gasteiger charge is 2.21. The van der Waals surface area contributed by atoms with Crippen molar-refractivity contribution in [1.29, 1.82) is 0 Å². The first-order chi connectivity index (χ1) is 10.5. The van der Waals surface area contributed by atoms with Crippen molar-refractivity contribution in [2.24, 2.45) is 11.7 Å². The van der Waals surface area contributed by atoms with E-state index in [2.05, 4.69) is 35.1 Å². The topological polar surface area (TPSA) is 52.7 Å². The van der Waals surface area contributed by atoms with E-state index >= 15 is 0 Å². The minimum Gasteiger partial charge on any atom is -0.506 e. The number of rotatable bonds is 4. The number of phenols is 1. The van der Waals surface area contributed by atoms with Crippen LogP contribution in [0.2, 0.25) is 0 Å². The highest BCUT2D eigenvalue weighted by atomic mass is 16.3. The van der Waals surface area contributed by atoms with Crippen LogP contribution in [0, 0.1) is 5.92 Å². The maximum Gasteiger partial charge on any atom is 0.139 e. The number of hydrogen-bond donors (Lipinski definition) is 2. The third kappa shape index (κ3) is 3.45. The van der Waals surface area contributed by atoms with Gasteiger partial charge in [0.2, 0.25) is 0 Å². The summed E-state index contributed by atoms with van der Waals surface area (Å²) in [5.41, 5.74) is 9.19. The first kappa shape index (κ1) is 15.4. The Kier molecular flexibility index (Phi) is 4.41. The van der Waals surface area contributed by atoms with Gasteiger partial charge in [0.05, 0.1) is 5.69 Å². The number of nitrogens with zero attached hydrogens (tertiary/aromatic N) is 2. The van der Waals surface area contributed by atoms with Crippen LogP contribution in [-0.2, 0) is 0 Å². The van der Waals surface area contributed by atoms with E-state index in [-0.39, 0.29) is 6.04 Å². The molecule has 1 aromatic carbocycles. The van der Waals surface area contributed by atoms with Gasteiger partial charge in [-0.15, -0.1) is 0 Å². The van der Waals surface area contributed by atoms with Gasteiger partial charge >= 0.3 is 0 Å². The van der Waals surface area contributed by atoms with E-state index < -0.39 is 0 Å². The summed E-state index contributed by atoms with van der Waals surface area (Å²) in [5.74, 6) is 1.09. The SMILES string of the molecule is C[C@H](N)c1cc(O)c(N2CCN(C)CC2)cc1/C=C/C1CC1. The number of nitrogens with two attached hydrogens (primary N) is 1. The minimum absolute atomic E-state index is 0.0775. The van der Waals surface area contributed by atoms with Crippen molar-refractivity contribution in [3.8, 4) is 5.75 Å². The van der Waals surface area contributed by atoms with Crippen molar-refractivity contribution in [3.05, 3.63) is 29.3 Å². The zero-order valence-corrected chi connectivity index (χ0v) is 13.6. The molecule has 4 heteroatoms. The molecule has 120 valence electrons. The molecule has 0 bridgehead atoms. The largest absolute Gasteiger partial charge is 0.506 e. The summed E-state index contributed by atoms with van der Waals surface area (Å²) in [6, 6.07) is 3.88. The van der Waals surface area contributed by atoms with E-state index in [0.717, 1.165) is 48.9 Å². The Morgan fingerprint density at radius 2 is 1.91 bits per heavy atom. The maximum absolute atomic E-state index is 10.4. The molecule has 22 heavy (non-hydrogen) atoms. The molecule has 1 aliphatic heterocycles. The first-order valence-corrected chi connectivity index (χ1v) is 8.29. The molecule has 0 unspecified atom stereocenters. The smallest absolute Gasteiger partial charge is 0.139 e. The quantitative estimate of drug-likeness (QED) is 0.897. The van der Waals surface area contributed by atoms with Crippen LogP contribution in [0.25, 0.3) is 6.08 Å². The predicted molar refractivity (Wildman–Crippen MR) is 92.2 cm³/mol. The molecule has 2 fully saturated rings. The summed E-state index contributed by atoms with van der Waals surface area (Å²) in [7, 11) is 2.14. The molecule has 1 aliphatic carbocycles. The van der Waals surface area contributed by atoms with E-state index in [4.69, 9.17) is 5.73 Å². The highest BCUT2D eigenvalue weighted by molar-refractivity contribution is 5.68. The standard InChI is InChI=1S/C18H27N3O/c1-13(19)16-12-18(22)17(21-9-7-20(2)8-10-21)11-15(16)6-5-14-3-4-14/h5-6,11-14,22H,3-4,7-10,19H2,1-2H3/b6-5+/t13-/m0/s1. The summed E-state index contributed by atoms with van der Waals surface area (Å²) in [4.78, 5) is 4.59. The van der Waals surface area contributed by atoms with Crippen molar-refractivity contribution >= 4 is 11.8 Å². The van der Waals surface area contributed by atoms with Crippen molar-refractivity contribution < 1.29 is 5.11 Å². The van der Waals surface area contributed by atoms with Crippen LogP contribution in [0.1, 0.15) is 36.9 Å². The second-order valence-electron chi connectivity index (χ2n) is 6.75. The number of anilines is 1. The molecule has 0 aromatic heterocycles. The van der Waals surface area contributed by atoms with E-state index in [9.17, 15) is 5.11 Å². The zero-order chi connectivity index (χ0) is 15.7. The molecule has 4 nitrogen and oxygen atoms in total. The lowest BCUT2D eigenvalue weighted by Crippen LogP contribution is -2.44. The van der Waals surface area contributed by atoms with E-state index in [1.165, 1.54) is 12.8 Å². The summed E-state index contributed by atoms with van der Waals surface area (Å²) >= 11 is 0. The second kappa shape index (κ2) is 6.31. The highest BCUT2D eigenvalue weighted by Crippen LogP contribution is 2.36. The molecule has 0 spiro atoms. The number of likely N-dealkylation sites (N-methyl/N-ethyl adjacent to an activating group) is 1. The summed E-state index contributed by atoms with van der Waals surface area (Å²) in [5, 5.41) is 10.4. The molecule has 1 atom stereocenters. The van der Waals surface area contributed by atoms with Gasteiger partial charge in [-0.2, -0.15) is 0 Å². The van der Waals surface area contributed by atoms with Crippen LogP contribution in [0.15, 0.2) is 18.2 Å². The Morgan fingerprint density at radius 3 is 2.50 bits per heavy atom. The van der Waals surface area contributed by atoms with Gasteiger partial charge in [-0.25, -0.2) is 0 Å². The number of allylic oxidation sites excluding steroid dienone is 1. The Balaban J connectivity index is 1.90. The molecule has 2 aliphatic rings. The molecule has 1 saturated carbocycles. The molecule has 0 radical (unpaired) electrons. The fourth-order valence-corrected chi connectivity index (χ4v) is 2.98. The molecular formula is C18H27N3O. The van der Waals surface area contributed by atoms with Gasteiger partial charge in [0, 0.05) is 32.2 Å². The average molecular weight is 301 g/mol. The Bertz CT molecular complexity index is 556. The summed E-state index contributed by atoms with van der Waals surface area (Å²) in [6.07, 6.45) is 7.07. The van der Waals surface area contributed by atoms with Gasteiger partial charge in [-0.3, -0.25) is 0 Å².